The lowest BCUT2D eigenvalue weighted by Gasteiger charge is -2.15. The van der Waals surface area contributed by atoms with Crippen LogP contribution in [0.2, 0.25) is 0 Å². The van der Waals surface area contributed by atoms with Gasteiger partial charge in [0.2, 0.25) is 0 Å². The lowest BCUT2D eigenvalue weighted by molar-refractivity contribution is 0.0957. The molecule has 4 nitrogen and oxygen atoms in total. The quantitative estimate of drug-likeness (QED) is 0.801. The maximum absolute atomic E-state index is 13.0. The Morgan fingerprint density at radius 3 is 2.42 bits per heavy atom. The highest BCUT2D eigenvalue weighted by Gasteiger charge is 2.27. The summed E-state index contributed by atoms with van der Waals surface area (Å²) in [4.78, 5) is 13.2. The standard InChI is InChI=1S/C19H20O4S/c1-23-15-8-11-18-14(12-15)4-3-5-17(19(18)20)13-6-9-16(10-7-13)24(2,21)22/h6-12,17H,3-5H2,1-2H3. The molecule has 0 amide bonds. The number of benzene rings is 2. The van der Waals surface area contributed by atoms with E-state index in [4.69, 9.17) is 4.74 Å². The predicted octanol–water partition coefficient (Wildman–Crippen LogP) is 3.40. The summed E-state index contributed by atoms with van der Waals surface area (Å²) in [6.45, 7) is 0. The number of carbonyl (C=O) groups is 1. The van der Waals surface area contributed by atoms with Gasteiger partial charge in [0.1, 0.15) is 5.75 Å². The lowest BCUT2D eigenvalue weighted by atomic mass is 9.88. The number of methoxy groups -OCH3 is 1. The Morgan fingerprint density at radius 1 is 1.08 bits per heavy atom. The van der Waals surface area contributed by atoms with Gasteiger partial charge < -0.3 is 4.74 Å². The molecule has 5 heteroatoms. The SMILES string of the molecule is COc1ccc2c(c1)CCCC(c1ccc(S(C)(=O)=O)cc1)C2=O. The summed E-state index contributed by atoms with van der Waals surface area (Å²) >= 11 is 0. The van der Waals surface area contributed by atoms with E-state index in [2.05, 4.69) is 0 Å². The molecule has 0 spiro atoms. The second-order valence-corrected chi connectivity index (χ2v) is 8.19. The largest absolute Gasteiger partial charge is 0.497 e. The number of fused-ring (bicyclic) bond motifs is 1. The molecule has 3 rings (SSSR count). The minimum Gasteiger partial charge on any atom is -0.497 e. The summed E-state index contributed by atoms with van der Waals surface area (Å²) in [7, 11) is -1.61. The van der Waals surface area contributed by atoms with Gasteiger partial charge in [-0.05, 0) is 60.7 Å². The molecular weight excluding hydrogens is 324 g/mol. The molecule has 0 radical (unpaired) electrons. The number of rotatable bonds is 3. The summed E-state index contributed by atoms with van der Waals surface area (Å²) < 4.78 is 28.4. The molecule has 1 atom stereocenters. The van der Waals surface area contributed by atoms with E-state index in [9.17, 15) is 13.2 Å². The van der Waals surface area contributed by atoms with Crippen LogP contribution < -0.4 is 4.74 Å². The van der Waals surface area contributed by atoms with Crippen molar-refractivity contribution < 1.29 is 17.9 Å². The summed E-state index contributed by atoms with van der Waals surface area (Å²) in [5.41, 5.74) is 2.64. The Bertz CT molecular complexity index is 867. The Hall–Kier alpha value is -2.14. The zero-order valence-corrected chi connectivity index (χ0v) is 14.6. The van der Waals surface area contributed by atoms with E-state index >= 15 is 0 Å². The maximum Gasteiger partial charge on any atom is 0.175 e. The minimum absolute atomic E-state index is 0.0947. The number of ether oxygens (including phenoxy) is 1. The lowest BCUT2D eigenvalue weighted by Crippen LogP contribution is -2.12. The first-order valence-corrected chi connectivity index (χ1v) is 9.80. The molecule has 0 saturated carbocycles. The van der Waals surface area contributed by atoms with Gasteiger partial charge in [-0.1, -0.05) is 12.1 Å². The number of carbonyl (C=O) groups excluding carboxylic acids is 1. The van der Waals surface area contributed by atoms with E-state index in [1.165, 1.54) is 6.26 Å². The molecule has 1 aliphatic carbocycles. The van der Waals surface area contributed by atoms with E-state index in [0.29, 0.717) is 0 Å². The molecule has 0 N–H and O–H groups in total. The second-order valence-electron chi connectivity index (χ2n) is 6.17. The Morgan fingerprint density at radius 2 is 1.79 bits per heavy atom. The van der Waals surface area contributed by atoms with Crippen molar-refractivity contribution in [2.75, 3.05) is 13.4 Å². The average molecular weight is 344 g/mol. The van der Waals surface area contributed by atoms with Crippen molar-refractivity contribution >= 4 is 15.6 Å². The fourth-order valence-corrected chi connectivity index (χ4v) is 3.86. The highest BCUT2D eigenvalue weighted by atomic mass is 32.2. The first kappa shape index (κ1) is 16.7. The highest BCUT2D eigenvalue weighted by Crippen LogP contribution is 2.33. The number of sulfone groups is 1. The minimum atomic E-state index is -3.23. The fourth-order valence-electron chi connectivity index (χ4n) is 3.23. The maximum atomic E-state index is 13.0. The molecule has 0 aliphatic heterocycles. The van der Waals surface area contributed by atoms with Gasteiger partial charge in [0.15, 0.2) is 15.6 Å². The Labute approximate surface area is 142 Å². The van der Waals surface area contributed by atoms with Crippen LogP contribution in [0.1, 0.15) is 40.2 Å². The van der Waals surface area contributed by atoms with Crippen molar-refractivity contribution in [2.45, 2.75) is 30.1 Å². The molecule has 2 aromatic rings. The summed E-state index contributed by atoms with van der Waals surface area (Å²) in [5, 5.41) is 0. The summed E-state index contributed by atoms with van der Waals surface area (Å²) in [6, 6.07) is 12.3. The van der Waals surface area contributed by atoms with Gasteiger partial charge in [-0.25, -0.2) is 8.42 Å². The van der Waals surface area contributed by atoms with Gasteiger partial charge in [-0.15, -0.1) is 0 Å². The Kier molecular flexibility index (Phi) is 4.45. The van der Waals surface area contributed by atoms with Crippen LogP contribution in [0.25, 0.3) is 0 Å². The van der Waals surface area contributed by atoms with Crippen LogP contribution in [0.4, 0.5) is 0 Å². The number of aryl methyl sites for hydroxylation is 1. The molecule has 1 unspecified atom stereocenters. The van der Waals surface area contributed by atoms with E-state index in [0.717, 1.165) is 41.7 Å². The number of hydrogen-bond acceptors (Lipinski definition) is 4. The van der Waals surface area contributed by atoms with E-state index < -0.39 is 9.84 Å². The van der Waals surface area contributed by atoms with Crippen molar-refractivity contribution in [2.24, 2.45) is 0 Å². The van der Waals surface area contributed by atoms with E-state index in [1.54, 1.807) is 31.4 Å². The van der Waals surface area contributed by atoms with Crippen LogP contribution in [0.3, 0.4) is 0 Å². The summed E-state index contributed by atoms with van der Waals surface area (Å²) in [5.74, 6) is 0.628. The number of Topliss-reactive ketones (excluding diaryl/α,β-unsaturated/α-hetero) is 1. The van der Waals surface area contributed by atoms with Gasteiger partial charge in [0, 0.05) is 17.7 Å². The number of ketones is 1. The molecule has 1 aliphatic rings. The van der Waals surface area contributed by atoms with Gasteiger partial charge in [-0.2, -0.15) is 0 Å². The molecule has 0 aromatic heterocycles. The first-order chi connectivity index (χ1) is 11.4. The first-order valence-electron chi connectivity index (χ1n) is 7.91. The third-order valence-corrected chi connectivity index (χ3v) is 5.67. The van der Waals surface area contributed by atoms with Gasteiger partial charge >= 0.3 is 0 Å². The van der Waals surface area contributed by atoms with E-state index in [-0.39, 0.29) is 16.6 Å². The zero-order chi connectivity index (χ0) is 17.3. The molecule has 0 fully saturated rings. The third-order valence-electron chi connectivity index (χ3n) is 4.54. The van der Waals surface area contributed by atoms with Crippen LogP contribution in [0, 0.1) is 0 Å². The zero-order valence-electron chi connectivity index (χ0n) is 13.8. The second kappa shape index (κ2) is 6.40. The van der Waals surface area contributed by atoms with Crippen molar-refractivity contribution in [3.8, 4) is 5.75 Å². The molecule has 24 heavy (non-hydrogen) atoms. The molecule has 126 valence electrons. The van der Waals surface area contributed by atoms with Crippen molar-refractivity contribution in [1.29, 1.82) is 0 Å². The van der Waals surface area contributed by atoms with Gasteiger partial charge in [-0.3, -0.25) is 4.79 Å². The van der Waals surface area contributed by atoms with Crippen LogP contribution in [-0.2, 0) is 16.3 Å². The Balaban J connectivity index is 1.95. The van der Waals surface area contributed by atoms with Gasteiger partial charge in [0.05, 0.1) is 12.0 Å². The topological polar surface area (TPSA) is 60.4 Å². The van der Waals surface area contributed by atoms with Crippen LogP contribution in [-0.4, -0.2) is 27.6 Å². The summed E-state index contributed by atoms with van der Waals surface area (Å²) in [6.07, 6.45) is 3.69. The fraction of sp³-hybridized carbons (Fsp3) is 0.316. The van der Waals surface area contributed by atoms with Crippen molar-refractivity contribution in [3.05, 3.63) is 59.2 Å². The monoisotopic (exact) mass is 344 g/mol. The molecule has 0 bridgehead atoms. The molecular formula is C19H20O4S. The normalized spacial score (nSPS) is 17.9. The van der Waals surface area contributed by atoms with Crippen LogP contribution in [0.15, 0.2) is 47.4 Å². The van der Waals surface area contributed by atoms with Crippen LogP contribution in [0.5, 0.6) is 5.75 Å². The molecule has 0 heterocycles. The van der Waals surface area contributed by atoms with Crippen LogP contribution >= 0.6 is 0 Å². The smallest absolute Gasteiger partial charge is 0.175 e. The third kappa shape index (κ3) is 3.22. The number of hydrogen-bond donors (Lipinski definition) is 0. The van der Waals surface area contributed by atoms with Crippen molar-refractivity contribution in [1.82, 2.24) is 0 Å². The highest BCUT2D eigenvalue weighted by molar-refractivity contribution is 7.90. The molecule has 2 aromatic carbocycles. The average Bonchev–Trinajstić information content (AvgIpc) is 2.73. The van der Waals surface area contributed by atoms with Gasteiger partial charge in [0.25, 0.3) is 0 Å². The molecule has 0 saturated heterocycles. The van der Waals surface area contributed by atoms with Crippen molar-refractivity contribution in [3.63, 3.8) is 0 Å². The van der Waals surface area contributed by atoms with E-state index in [1.807, 2.05) is 18.2 Å². The predicted molar refractivity (Wildman–Crippen MR) is 92.6 cm³/mol.